The lowest BCUT2D eigenvalue weighted by atomic mass is 10.3. The maximum Gasteiger partial charge on any atom is 0.332 e. The zero-order valence-corrected chi connectivity index (χ0v) is 24.7. The second-order valence-electron chi connectivity index (χ2n) is 10.1. The maximum atomic E-state index is 13.3. The Balaban J connectivity index is 1.87. The van der Waals surface area contributed by atoms with Crippen LogP contribution < -0.4 is 32.3 Å². The van der Waals surface area contributed by atoms with E-state index in [2.05, 4.69) is 9.97 Å². The molecule has 4 aromatic heterocycles. The molecule has 0 saturated heterocycles. The summed E-state index contributed by atoms with van der Waals surface area (Å²) in [6.45, 7) is -0.251. The number of aryl methyl sites for hydroxylation is 4. The van der Waals surface area contributed by atoms with Crippen LogP contribution in [0.5, 0.6) is 0 Å². The van der Waals surface area contributed by atoms with Crippen molar-refractivity contribution < 1.29 is 20.4 Å². The van der Waals surface area contributed by atoms with Gasteiger partial charge in [-0.15, -0.1) is 0 Å². The second kappa shape index (κ2) is 12.9. The number of nitrogens with zero attached hydrogens (tertiary/aromatic N) is 10. The van der Waals surface area contributed by atoms with Gasteiger partial charge in [0.1, 0.15) is 0 Å². The van der Waals surface area contributed by atoms with Crippen molar-refractivity contribution in [2.24, 2.45) is 28.2 Å². The van der Waals surface area contributed by atoms with Gasteiger partial charge in [0.25, 0.3) is 11.1 Å². The zero-order chi connectivity index (χ0) is 31.6. The van der Waals surface area contributed by atoms with Crippen molar-refractivity contribution in [1.29, 1.82) is 0 Å². The van der Waals surface area contributed by atoms with Crippen molar-refractivity contribution in [3.63, 3.8) is 0 Å². The number of aromatic nitrogens is 8. The SMILES string of the molecule is Cn1c(=O)c2c(nc(N(CCO)CCO)n2CCCn2c(N(CCO)CCO)nc3c2c(=O)n(C)c(=O)n3C)n(C)c1=O. The Hall–Kier alpha value is -4.26. The smallest absolute Gasteiger partial charge is 0.332 e. The van der Waals surface area contributed by atoms with E-state index in [0.29, 0.717) is 6.42 Å². The summed E-state index contributed by atoms with van der Waals surface area (Å²) in [4.78, 5) is 64.2. The fourth-order valence-electron chi connectivity index (χ4n) is 5.27. The summed E-state index contributed by atoms with van der Waals surface area (Å²) < 4.78 is 7.68. The Kier molecular flexibility index (Phi) is 9.53. The van der Waals surface area contributed by atoms with E-state index in [1.54, 1.807) is 18.9 Å². The van der Waals surface area contributed by atoms with E-state index in [4.69, 9.17) is 0 Å². The lowest BCUT2D eigenvalue weighted by Crippen LogP contribution is -2.38. The molecule has 0 fully saturated rings. The van der Waals surface area contributed by atoms with Crippen molar-refractivity contribution in [2.45, 2.75) is 19.5 Å². The molecule has 0 aliphatic rings. The van der Waals surface area contributed by atoms with E-state index in [-0.39, 0.29) is 99.9 Å². The first-order chi connectivity index (χ1) is 20.5. The molecule has 0 aliphatic heterocycles. The summed E-state index contributed by atoms with van der Waals surface area (Å²) in [5.41, 5.74) is -1.69. The van der Waals surface area contributed by atoms with Crippen molar-refractivity contribution in [1.82, 2.24) is 37.4 Å². The van der Waals surface area contributed by atoms with Crippen LogP contribution in [0.25, 0.3) is 22.3 Å². The minimum atomic E-state index is -0.570. The van der Waals surface area contributed by atoms with Crippen LogP contribution in [0.4, 0.5) is 11.9 Å². The van der Waals surface area contributed by atoms with Crippen molar-refractivity contribution >= 4 is 34.2 Å². The van der Waals surface area contributed by atoms with Crippen LogP contribution in [-0.2, 0) is 41.3 Å². The molecular weight excluding hydrogens is 568 g/mol. The van der Waals surface area contributed by atoms with Crippen molar-refractivity contribution in [2.75, 3.05) is 62.4 Å². The number of aliphatic hydroxyl groups excluding tert-OH is 4. The summed E-state index contributed by atoms with van der Waals surface area (Å²) in [5, 5.41) is 38.6. The zero-order valence-electron chi connectivity index (χ0n) is 24.7. The number of hydrogen-bond acceptors (Lipinski definition) is 12. The number of rotatable bonds is 14. The van der Waals surface area contributed by atoms with Gasteiger partial charge in [0.15, 0.2) is 22.3 Å². The molecule has 0 amide bonds. The number of hydrogen-bond donors (Lipinski definition) is 4. The highest BCUT2D eigenvalue weighted by Gasteiger charge is 2.25. The molecule has 43 heavy (non-hydrogen) atoms. The van der Waals surface area contributed by atoms with Gasteiger partial charge < -0.3 is 39.4 Å². The quantitative estimate of drug-likeness (QED) is 0.108. The van der Waals surface area contributed by atoms with E-state index < -0.39 is 22.5 Å². The Morgan fingerprint density at radius 2 is 0.884 bits per heavy atom. The predicted molar refractivity (Wildman–Crippen MR) is 158 cm³/mol. The number of anilines is 2. The molecule has 0 unspecified atom stereocenters. The van der Waals surface area contributed by atoms with E-state index >= 15 is 0 Å². The van der Waals surface area contributed by atoms with Gasteiger partial charge in [-0.2, -0.15) is 9.97 Å². The first-order valence-electron chi connectivity index (χ1n) is 13.8. The van der Waals surface area contributed by atoms with Crippen molar-refractivity contribution in [3.05, 3.63) is 41.7 Å². The first-order valence-corrected chi connectivity index (χ1v) is 13.8. The van der Waals surface area contributed by atoms with E-state index in [0.717, 1.165) is 9.13 Å². The summed E-state index contributed by atoms with van der Waals surface area (Å²) in [6, 6.07) is 0. The lowest BCUT2D eigenvalue weighted by Gasteiger charge is -2.24. The normalized spacial score (nSPS) is 11.7. The summed E-state index contributed by atoms with van der Waals surface area (Å²) in [7, 11) is 5.71. The minimum Gasteiger partial charge on any atom is -0.395 e. The Bertz CT molecular complexity index is 1710. The van der Waals surface area contributed by atoms with Crippen LogP contribution in [-0.4, -0.2) is 110 Å². The molecule has 18 nitrogen and oxygen atoms in total. The van der Waals surface area contributed by atoms with Crippen LogP contribution in [0, 0.1) is 0 Å². The van der Waals surface area contributed by atoms with Crippen LogP contribution in [0.3, 0.4) is 0 Å². The molecule has 4 rings (SSSR count). The average molecular weight is 607 g/mol. The fraction of sp³-hybridized carbons (Fsp3) is 0.600. The summed E-state index contributed by atoms with van der Waals surface area (Å²) >= 11 is 0. The molecule has 4 aromatic rings. The third kappa shape index (κ3) is 5.49. The molecule has 0 spiro atoms. The molecule has 18 heteroatoms. The number of imidazole rings is 2. The van der Waals surface area contributed by atoms with Crippen LogP contribution in [0.1, 0.15) is 6.42 Å². The average Bonchev–Trinajstić information content (AvgIpc) is 3.56. The standard InChI is InChI=1S/C25H38N10O8/c1-28-18-16(20(40)30(3)24(28)42)34(22(26-18)32(8-12-36)9-13-37)6-5-7-35-17-19(29(2)25(43)31(4)21(17)41)27-23(35)33(10-14-38)11-15-39/h36-39H,5-15H2,1-4H3. The molecule has 0 saturated carbocycles. The Labute approximate surface area is 244 Å². The van der Waals surface area contributed by atoms with E-state index in [1.807, 2.05) is 0 Å². The van der Waals surface area contributed by atoms with Gasteiger partial charge in [0, 0.05) is 67.5 Å². The molecule has 4 heterocycles. The molecule has 0 aliphatic carbocycles. The molecular formula is C25H38N10O8. The Morgan fingerprint density at radius 1 is 0.558 bits per heavy atom. The third-order valence-corrected chi connectivity index (χ3v) is 7.46. The molecule has 0 bridgehead atoms. The van der Waals surface area contributed by atoms with Gasteiger partial charge >= 0.3 is 11.4 Å². The predicted octanol–water partition coefficient (Wildman–Crippen LogP) is -4.15. The minimum absolute atomic E-state index is 0.107. The molecule has 0 atom stereocenters. The number of fused-ring (bicyclic) bond motifs is 2. The lowest BCUT2D eigenvalue weighted by molar-refractivity contribution is 0.279. The molecule has 4 N–H and O–H groups in total. The van der Waals surface area contributed by atoms with Crippen molar-refractivity contribution in [3.8, 4) is 0 Å². The fourth-order valence-corrected chi connectivity index (χ4v) is 5.27. The van der Waals surface area contributed by atoms with E-state index in [1.165, 1.54) is 37.3 Å². The van der Waals surface area contributed by atoms with Crippen LogP contribution in [0.15, 0.2) is 19.2 Å². The second-order valence-corrected chi connectivity index (χ2v) is 10.1. The highest BCUT2D eigenvalue weighted by atomic mass is 16.3. The van der Waals surface area contributed by atoms with Gasteiger partial charge in [0.2, 0.25) is 11.9 Å². The summed E-state index contributed by atoms with van der Waals surface area (Å²) in [5.74, 6) is 0.542. The van der Waals surface area contributed by atoms with Gasteiger partial charge in [-0.25, -0.2) is 9.59 Å². The highest BCUT2D eigenvalue weighted by Crippen LogP contribution is 2.23. The van der Waals surface area contributed by atoms with Gasteiger partial charge in [-0.1, -0.05) is 0 Å². The summed E-state index contributed by atoms with van der Waals surface area (Å²) in [6.07, 6.45) is 0.299. The molecule has 236 valence electrons. The Morgan fingerprint density at radius 3 is 1.19 bits per heavy atom. The molecule has 0 radical (unpaired) electrons. The largest absolute Gasteiger partial charge is 0.395 e. The van der Waals surface area contributed by atoms with Crippen LogP contribution >= 0.6 is 0 Å². The van der Waals surface area contributed by atoms with Gasteiger partial charge in [-0.05, 0) is 6.42 Å². The first kappa shape index (κ1) is 31.7. The van der Waals surface area contributed by atoms with Gasteiger partial charge in [-0.3, -0.25) is 27.9 Å². The van der Waals surface area contributed by atoms with E-state index in [9.17, 15) is 39.6 Å². The molecule has 0 aromatic carbocycles. The topological polar surface area (TPSA) is 211 Å². The van der Waals surface area contributed by atoms with Gasteiger partial charge in [0.05, 0.1) is 26.4 Å². The highest BCUT2D eigenvalue weighted by molar-refractivity contribution is 5.75. The van der Waals surface area contributed by atoms with Crippen LogP contribution in [0.2, 0.25) is 0 Å². The number of aliphatic hydroxyl groups is 4. The maximum absolute atomic E-state index is 13.3. The monoisotopic (exact) mass is 606 g/mol. The third-order valence-electron chi connectivity index (χ3n) is 7.46.